The Labute approximate surface area is 139 Å². The third-order valence-electron chi connectivity index (χ3n) is 4.03. The summed E-state index contributed by atoms with van der Waals surface area (Å²) in [6.07, 6.45) is 1.52. The summed E-state index contributed by atoms with van der Waals surface area (Å²) in [5, 5.41) is 0.604. The maximum Gasteiger partial charge on any atom is 0.257 e. The molecule has 23 heavy (non-hydrogen) atoms. The summed E-state index contributed by atoms with van der Waals surface area (Å²) in [7, 11) is 0. The number of furan rings is 1. The van der Waals surface area contributed by atoms with E-state index in [1.807, 2.05) is 0 Å². The minimum Gasteiger partial charge on any atom is -0.469 e. The number of benzene rings is 1. The zero-order valence-electron chi connectivity index (χ0n) is 12.8. The van der Waals surface area contributed by atoms with Crippen LogP contribution in [0.25, 0.3) is 0 Å². The molecule has 0 unspecified atom stereocenters. The van der Waals surface area contributed by atoms with E-state index in [0.29, 0.717) is 48.1 Å². The fraction of sp³-hybridized carbons (Fsp3) is 0.294. The largest absolute Gasteiger partial charge is 0.469 e. The average molecular weight is 333 g/mol. The van der Waals surface area contributed by atoms with E-state index in [1.54, 1.807) is 47.1 Å². The highest BCUT2D eigenvalue weighted by atomic mass is 35.5. The van der Waals surface area contributed by atoms with E-state index < -0.39 is 0 Å². The molecule has 1 aromatic carbocycles. The summed E-state index contributed by atoms with van der Waals surface area (Å²) in [6, 6.07) is 8.53. The van der Waals surface area contributed by atoms with E-state index in [9.17, 15) is 9.59 Å². The molecule has 1 aliphatic heterocycles. The Morgan fingerprint density at radius 2 is 1.52 bits per heavy atom. The van der Waals surface area contributed by atoms with Crippen molar-refractivity contribution in [2.24, 2.45) is 0 Å². The van der Waals surface area contributed by atoms with Gasteiger partial charge in [0.15, 0.2) is 0 Å². The molecule has 1 aliphatic rings. The van der Waals surface area contributed by atoms with Crippen LogP contribution in [0.3, 0.4) is 0 Å². The SMILES string of the molecule is Cc1occc1C(=O)N1CCN(C(=O)c2ccc(Cl)cc2)CC1. The number of hydrogen-bond donors (Lipinski definition) is 0. The minimum atomic E-state index is -0.0464. The molecule has 5 nitrogen and oxygen atoms in total. The fourth-order valence-electron chi connectivity index (χ4n) is 2.66. The van der Waals surface area contributed by atoms with Crippen LogP contribution < -0.4 is 0 Å². The molecular formula is C17H17ClN2O3. The monoisotopic (exact) mass is 332 g/mol. The van der Waals surface area contributed by atoms with Gasteiger partial charge in [-0.25, -0.2) is 0 Å². The number of nitrogens with zero attached hydrogens (tertiary/aromatic N) is 2. The Balaban J connectivity index is 1.62. The molecule has 2 amide bonds. The van der Waals surface area contributed by atoms with Gasteiger partial charge < -0.3 is 14.2 Å². The van der Waals surface area contributed by atoms with Crippen LogP contribution in [-0.4, -0.2) is 47.8 Å². The molecule has 3 rings (SSSR count). The van der Waals surface area contributed by atoms with Crippen molar-refractivity contribution < 1.29 is 14.0 Å². The zero-order chi connectivity index (χ0) is 16.4. The van der Waals surface area contributed by atoms with Crippen LogP contribution in [0.1, 0.15) is 26.5 Å². The first kappa shape index (κ1) is 15.6. The Morgan fingerprint density at radius 3 is 2.04 bits per heavy atom. The summed E-state index contributed by atoms with van der Waals surface area (Å²) in [5.74, 6) is 0.540. The van der Waals surface area contributed by atoms with Gasteiger partial charge in [-0.2, -0.15) is 0 Å². The lowest BCUT2D eigenvalue weighted by Gasteiger charge is -2.34. The lowest BCUT2D eigenvalue weighted by atomic mass is 10.1. The molecule has 0 aliphatic carbocycles. The van der Waals surface area contributed by atoms with Crippen molar-refractivity contribution >= 4 is 23.4 Å². The minimum absolute atomic E-state index is 0.0340. The van der Waals surface area contributed by atoms with Gasteiger partial charge in [-0.3, -0.25) is 9.59 Å². The number of aryl methyl sites for hydroxylation is 1. The van der Waals surface area contributed by atoms with Gasteiger partial charge in [0, 0.05) is 36.8 Å². The summed E-state index contributed by atoms with van der Waals surface area (Å²) in [6.45, 7) is 3.84. The summed E-state index contributed by atoms with van der Waals surface area (Å²) in [5.41, 5.74) is 1.20. The second-order valence-electron chi connectivity index (χ2n) is 5.48. The van der Waals surface area contributed by atoms with Gasteiger partial charge in [-0.15, -0.1) is 0 Å². The number of carbonyl (C=O) groups excluding carboxylic acids is 2. The number of hydrogen-bond acceptors (Lipinski definition) is 3. The first-order valence-corrected chi connectivity index (χ1v) is 7.82. The van der Waals surface area contributed by atoms with E-state index in [0.717, 1.165) is 0 Å². The number of halogens is 1. The Bertz CT molecular complexity index is 716. The summed E-state index contributed by atoms with van der Waals surface area (Å²) >= 11 is 5.84. The number of carbonyl (C=O) groups is 2. The number of amides is 2. The maximum atomic E-state index is 12.4. The first-order valence-electron chi connectivity index (χ1n) is 7.44. The standard InChI is InChI=1S/C17H17ClN2O3/c1-12-15(6-11-23-12)17(22)20-9-7-19(8-10-20)16(21)13-2-4-14(18)5-3-13/h2-6,11H,7-10H2,1H3. The van der Waals surface area contributed by atoms with Gasteiger partial charge in [-0.1, -0.05) is 11.6 Å². The highest BCUT2D eigenvalue weighted by Gasteiger charge is 2.26. The van der Waals surface area contributed by atoms with E-state index in [-0.39, 0.29) is 11.8 Å². The topological polar surface area (TPSA) is 53.8 Å². The second-order valence-corrected chi connectivity index (χ2v) is 5.92. The Kier molecular flexibility index (Phi) is 4.39. The van der Waals surface area contributed by atoms with Crippen LogP contribution in [0.5, 0.6) is 0 Å². The molecule has 1 aromatic heterocycles. The van der Waals surface area contributed by atoms with Crippen molar-refractivity contribution in [1.82, 2.24) is 9.80 Å². The van der Waals surface area contributed by atoms with E-state index in [4.69, 9.17) is 16.0 Å². The molecule has 0 bridgehead atoms. The predicted octanol–water partition coefficient (Wildman–Crippen LogP) is 2.84. The third kappa shape index (κ3) is 3.24. The van der Waals surface area contributed by atoms with E-state index in [1.165, 1.54) is 6.26 Å². The average Bonchev–Trinajstić information content (AvgIpc) is 3.00. The lowest BCUT2D eigenvalue weighted by Crippen LogP contribution is -2.50. The highest BCUT2D eigenvalue weighted by molar-refractivity contribution is 6.30. The molecule has 1 saturated heterocycles. The molecule has 6 heteroatoms. The molecule has 120 valence electrons. The van der Waals surface area contributed by atoms with Crippen LogP contribution in [0.4, 0.5) is 0 Å². The van der Waals surface area contributed by atoms with Crippen molar-refractivity contribution in [1.29, 1.82) is 0 Å². The van der Waals surface area contributed by atoms with Gasteiger partial charge in [0.2, 0.25) is 0 Å². The van der Waals surface area contributed by atoms with Crippen LogP contribution in [0, 0.1) is 6.92 Å². The second kappa shape index (κ2) is 6.46. The molecule has 0 radical (unpaired) electrons. The molecule has 0 N–H and O–H groups in total. The quantitative estimate of drug-likeness (QED) is 0.849. The van der Waals surface area contributed by atoms with Crippen LogP contribution in [-0.2, 0) is 0 Å². The van der Waals surface area contributed by atoms with Gasteiger partial charge >= 0.3 is 0 Å². The van der Waals surface area contributed by atoms with Crippen LogP contribution >= 0.6 is 11.6 Å². The predicted molar refractivity (Wildman–Crippen MR) is 86.7 cm³/mol. The lowest BCUT2D eigenvalue weighted by molar-refractivity contribution is 0.0534. The van der Waals surface area contributed by atoms with Crippen molar-refractivity contribution in [2.75, 3.05) is 26.2 Å². The van der Waals surface area contributed by atoms with Crippen molar-refractivity contribution in [3.8, 4) is 0 Å². The smallest absolute Gasteiger partial charge is 0.257 e. The van der Waals surface area contributed by atoms with Gasteiger partial charge in [0.1, 0.15) is 5.76 Å². The zero-order valence-corrected chi connectivity index (χ0v) is 13.5. The molecular weight excluding hydrogens is 316 g/mol. The normalized spacial score (nSPS) is 14.9. The first-order chi connectivity index (χ1) is 11.1. The fourth-order valence-corrected chi connectivity index (χ4v) is 2.79. The van der Waals surface area contributed by atoms with Crippen molar-refractivity contribution in [2.45, 2.75) is 6.92 Å². The van der Waals surface area contributed by atoms with Gasteiger partial charge in [0.25, 0.3) is 11.8 Å². The van der Waals surface area contributed by atoms with E-state index >= 15 is 0 Å². The molecule has 0 atom stereocenters. The summed E-state index contributed by atoms with van der Waals surface area (Å²) < 4.78 is 5.18. The summed E-state index contributed by atoms with van der Waals surface area (Å²) in [4.78, 5) is 28.4. The van der Waals surface area contributed by atoms with Crippen LogP contribution in [0.15, 0.2) is 41.0 Å². The van der Waals surface area contributed by atoms with Gasteiger partial charge in [0.05, 0.1) is 11.8 Å². The van der Waals surface area contributed by atoms with E-state index in [2.05, 4.69) is 0 Å². The number of rotatable bonds is 2. The Hall–Kier alpha value is -2.27. The van der Waals surface area contributed by atoms with Crippen molar-refractivity contribution in [3.05, 3.63) is 58.5 Å². The highest BCUT2D eigenvalue weighted by Crippen LogP contribution is 2.16. The molecule has 0 saturated carbocycles. The molecule has 2 aromatic rings. The van der Waals surface area contributed by atoms with Gasteiger partial charge in [-0.05, 0) is 37.3 Å². The van der Waals surface area contributed by atoms with Crippen LogP contribution in [0.2, 0.25) is 5.02 Å². The molecule has 2 heterocycles. The molecule has 0 spiro atoms. The Morgan fingerprint density at radius 1 is 0.957 bits per heavy atom. The maximum absolute atomic E-state index is 12.4. The number of piperazine rings is 1. The van der Waals surface area contributed by atoms with Crippen molar-refractivity contribution in [3.63, 3.8) is 0 Å². The molecule has 1 fully saturated rings. The third-order valence-corrected chi connectivity index (χ3v) is 4.29.